The molecule has 0 aromatic rings. The molecule has 0 atom stereocenters. The van der Waals surface area contributed by atoms with E-state index >= 15 is 0 Å². The van der Waals surface area contributed by atoms with Gasteiger partial charge in [-0.1, -0.05) is 0 Å². The lowest BCUT2D eigenvalue weighted by molar-refractivity contribution is -0.123. The van der Waals surface area contributed by atoms with Crippen LogP contribution in [0.5, 0.6) is 0 Å². The largest absolute Gasteiger partial charge is 0.382 e. The van der Waals surface area contributed by atoms with E-state index in [9.17, 15) is 4.79 Å². The van der Waals surface area contributed by atoms with Gasteiger partial charge in [0, 0.05) is 19.6 Å². The topological polar surface area (TPSA) is 64.3 Å². The Morgan fingerprint density at radius 2 is 1.94 bits per heavy atom. The molecule has 1 fully saturated rings. The molecule has 1 aliphatic carbocycles. The number of carbonyl (C=O) groups is 1. The highest BCUT2D eigenvalue weighted by Gasteiger charge is 2.22. The summed E-state index contributed by atoms with van der Waals surface area (Å²) >= 11 is 0. The fraction of sp³-hybridized carbons (Fsp3) is 0.929. The molecular weight excluding hydrogens is 228 g/mol. The average Bonchev–Trinajstić information content (AvgIpc) is 2.27. The third-order valence-corrected chi connectivity index (χ3v) is 3.65. The summed E-state index contributed by atoms with van der Waals surface area (Å²) in [6, 6.07) is 0.385. The molecule has 0 unspecified atom stereocenters. The molecule has 1 amide bonds. The Morgan fingerprint density at radius 3 is 2.50 bits per heavy atom. The zero-order valence-electron chi connectivity index (χ0n) is 12.0. The van der Waals surface area contributed by atoms with Gasteiger partial charge in [0.2, 0.25) is 5.91 Å². The van der Waals surface area contributed by atoms with Gasteiger partial charge in [-0.25, -0.2) is 0 Å². The summed E-state index contributed by atoms with van der Waals surface area (Å²) in [5, 5.41) is 3.02. The molecule has 0 aromatic heterocycles. The van der Waals surface area contributed by atoms with Crippen molar-refractivity contribution >= 4 is 5.91 Å². The van der Waals surface area contributed by atoms with Crippen LogP contribution in [0.15, 0.2) is 0 Å². The predicted octanol–water partition coefficient (Wildman–Crippen LogP) is 1.83. The van der Waals surface area contributed by atoms with Gasteiger partial charge >= 0.3 is 0 Å². The minimum Gasteiger partial charge on any atom is -0.382 e. The quantitative estimate of drug-likeness (QED) is 0.762. The van der Waals surface area contributed by atoms with E-state index in [4.69, 9.17) is 10.5 Å². The highest BCUT2D eigenvalue weighted by atomic mass is 16.5. The summed E-state index contributed by atoms with van der Waals surface area (Å²) in [4.78, 5) is 11.8. The van der Waals surface area contributed by atoms with E-state index in [1.165, 1.54) is 12.8 Å². The molecule has 18 heavy (non-hydrogen) atoms. The van der Waals surface area contributed by atoms with E-state index in [1.54, 1.807) is 7.11 Å². The maximum Gasteiger partial charge on any atom is 0.220 e. The van der Waals surface area contributed by atoms with E-state index in [2.05, 4.69) is 5.32 Å². The van der Waals surface area contributed by atoms with Crippen molar-refractivity contribution in [2.24, 2.45) is 11.7 Å². The third kappa shape index (κ3) is 5.83. The van der Waals surface area contributed by atoms with Crippen LogP contribution >= 0.6 is 0 Å². The first-order chi connectivity index (χ1) is 8.43. The number of nitrogens with two attached hydrogens (primary N) is 1. The zero-order valence-corrected chi connectivity index (χ0v) is 12.0. The molecule has 1 aliphatic rings. The molecule has 0 heterocycles. The molecule has 0 spiro atoms. The van der Waals surface area contributed by atoms with Crippen LogP contribution in [-0.2, 0) is 9.53 Å². The molecular formula is C14H28N2O2. The summed E-state index contributed by atoms with van der Waals surface area (Å²) < 4.78 is 5.09. The summed E-state index contributed by atoms with van der Waals surface area (Å²) in [6.07, 6.45) is 6.18. The van der Waals surface area contributed by atoms with Crippen molar-refractivity contribution in [1.29, 1.82) is 0 Å². The standard InChI is InChI=1S/C14H28N2O2/c1-14(2,10-18-3)16-13(17)9-6-11-4-7-12(15)8-5-11/h11-12H,4-10,15H2,1-3H3,(H,16,17). The third-order valence-electron chi connectivity index (χ3n) is 3.65. The Hall–Kier alpha value is -0.610. The van der Waals surface area contributed by atoms with Gasteiger partial charge in [0.05, 0.1) is 12.1 Å². The minimum atomic E-state index is -0.277. The minimum absolute atomic E-state index is 0.131. The molecule has 106 valence electrons. The van der Waals surface area contributed by atoms with Crippen molar-refractivity contribution in [3.05, 3.63) is 0 Å². The molecule has 4 nitrogen and oxygen atoms in total. The smallest absolute Gasteiger partial charge is 0.220 e. The second-order valence-electron chi connectivity index (χ2n) is 6.18. The second kappa shape index (κ2) is 7.10. The molecule has 0 radical (unpaired) electrons. The number of methoxy groups -OCH3 is 1. The van der Waals surface area contributed by atoms with E-state index in [-0.39, 0.29) is 11.4 Å². The Balaban J connectivity index is 2.20. The number of ether oxygens (including phenoxy) is 1. The Morgan fingerprint density at radius 1 is 1.33 bits per heavy atom. The zero-order chi connectivity index (χ0) is 13.6. The van der Waals surface area contributed by atoms with Gasteiger partial charge in [-0.05, 0) is 51.9 Å². The summed E-state index contributed by atoms with van der Waals surface area (Å²) in [5.74, 6) is 0.813. The lowest BCUT2D eigenvalue weighted by atomic mass is 9.83. The van der Waals surface area contributed by atoms with Crippen LogP contribution in [0.4, 0.5) is 0 Å². The van der Waals surface area contributed by atoms with Crippen molar-refractivity contribution in [3.63, 3.8) is 0 Å². The predicted molar refractivity (Wildman–Crippen MR) is 73.3 cm³/mol. The van der Waals surface area contributed by atoms with Crippen LogP contribution in [0, 0.1) is 5.92 Å². The summed E-state index contributed by atoms with van der Waals surface area (Å²) in [7, 11) is 1.65. The molecule has 4 heteroatoms. The highest BCUT2D eigenvalue weighted by molar-refractivity contribution is 5.76. The molecule has 0 bridgehead atoms. The number of hydrogen-bond donors (Lipinski definition) is 2. The summed E-state index contributed by atoms with van der Waals surface area (Å²) in [5.41, 5.74) is 5.60. The van der Waals surface area contributed by atoms with Gasteiger partial charge in [0.25, 0.3) is 0 Å². The van der Waals surface area contributed by atoms with E-state index in [1.807, 2.05) is 13.8 Å². The van der Waals surface area contributed by atoms with Crippen LogP contribution in [0.2, 0.25) is 0 Å². The fourth-order valence-corrected chi connectivity index (χ4v) is 2.65. The summed E-state index contributed by atoms with van der Waals surface area (Å²) in [6.45, 7) is 4.50. The van der Waals surface area contributed by atoms with Crippen LogP contribution < -0.4 is 11.1 Å². The van der Waals surface area contributed by atoms with Crippen molar-refractivity contribution in [2.75, 3.05) is 13.7 Å². The molecule has 0 aliphatic heterocycles. The maximum atomic E-state index is 11.8. The molecule has 1 rings (SSSR count). The number of nitrogens with one attached hydrogen (secondary N) is 1. The van der Waals surface area contributed by atoms with Gasteiger partial charge < -0.3 is 15.8 Å². The molecule has 0 saturated heterocycles. The van der Waals surface area contributed by atoms with Crippen LogP contribution in [0.3, 0.4) is 0 Å². The SMILES string of the molecule is COCC(C)(C)NC(=O)CCC1CCC(N)CC1. The average molecular weight is 256 g/mol. The van der Waals surface area contributed by atoms with Crippen molar-refractivity contribution in [2.45, 2.75) is 64.0 Å². The van der Waals surface area contributed by atoms with Crippen molar-refractivity contribution in [1.82, 2.24) is 5.32 Å². The van der Waals surface area contributed by atoms with Crippen LogP contribution in [-0.4, -0.2) is 31.2 Å². The molecule has 3 N–H and O–H groups in total. The Labute approximate surface area is 111 Å². The Bertz CT molecular complexity index is 259. The van der Waals surface area contributed by atoms with Gasteiger partial charge in [-0.15, -0.1) is 0 Å². The molecule has 0 aromatic carbocycles. The highest BCUT2D eigenvalue weighted by Crippen LogP contribution is 2.26. The number of amides is 1. The van der Waals surface area contributed by atoms with Gasteiger partial charge in [-0.2, -0.15) is 0 Å². The van der Waals surface area contributed by atoms with Crippen molar-refractivity contribution < 1.29 is 9.53 Å². The van der Waals surface area contributed by atoms with Gasteiger partial charge in [0.15, 0.2) is 0 Å². The molecule has 1 saturated carbocycles. The van der Waals surface area contributed by atoms with Crippen LogP contribution in [0.1, 0.15) is 52.4 Å². The number of carbonyl (C=O) groups excluding carboxylic acids is 1. The van der Waals surface area contributed by atoms with Crippen molar-refractivity contribution in [3.8, 4) is 0 Å². The normalized spacial score (nSPS) is 24.9. The first-order valence-corrected chi connectivity index (χ1v) is 6.98. The van der Waals surface area contributed by atoms with Crippen LogP contribution in [0.25, 0.3) is 0 Å². The second-order valence-corrected chi connectivity index (χ2v) is 6.18. The van der Waals surface area contributed by atoms with Gasteiger partial charge in [0.1, 0.15) is 0 Å². The maximum absolute atomic E-state index is 11.8. The van der Waals surface area contributed by atoms with E-state index in [0.717, 1.165) is 19.3 Å². The van der Waals surface area contributed by atoms with E-state index < -0.39 is 0 Å². The fourth-order valence-electron chi connectivity index (χ4n) is 2.65. The van der Waals surface area contributed by atoms with E-state index in [0.29, 0.717) is 25.0 Å². The monoisotopic (exact) mass is 256 g/mol. The lowest BCUT2D eigenvalue weighted by Crippen LogP contribution is -2.46. The number of rotatable bonds is 6. The lowest BCUT2D eigenvalue weighted by Gasteiger charge is -2.27. The Kier molecular flexibility index (Phi) is 6.09. The number of hydrogen-bond acceptors (Lipinski definition) is 3. The first kappa shape index (κ1) is 15.4. The first-order valence-electron chi connectivity index (χ1n) is 6.98. The van der Waals surface area contributed by atoms with Gasteiger partial charge in [-0.3, -0.25) is 4.79 Å².